The summed E-state index contributed by atoms with van der Waals surface area (Å²) in [6.45, 7) is 3.61. The maximum Gasteiger partial charge on any atom is 0.251 e. The molecule has 0 atom stereocenters. The number of nitrogens with one attached hydrogen (secondary N) is 1. The Balaban J connectivity index is 2.79. The molecular weight excluding hydrogens is 272 g/mol. The molecule has 0 aliphatic heterocycles. The van der Waals surface area contributed by atoms with E-state index >= 15 is 0 Å². The van der Waals surface area contributed by atoms with Crippen LogP contribution < -0.4 is 15.8 Å². The maximum absolute atomic E-state index is 11.5. The van der Waals surface area contributed by atoms with Crippen molar-refractivity contribution in [3.63, 3.8) is 0 Å². The monoisotopic (exact) mass is 284 g/mol. The van der Waals surface area contributed by atoms with Gasteiger partial charge in [-0.1, -0.05) is 22.5 Å². The van der Waals surface area contributed by atoms with Gasteiger partial charge >= 0.3 is 0 Å². The molecule has 0 heterocycles. The summed E-state index contributed by atoms with van der Waals surface area (Å²) in [5.74, 6) is 0.346. The molecule has 0 saturated carbocycles. The zero-order valence-corrected chi connectivity index (χ0v) is 10.5. The number of benzene rings is 1. The van der Waals surface area contributed by atoms with E-state index in [1.54, 1.807) is 18.2 Å². The van der Waals surface area contributed by atoms with Crippen molar-refractivity contribution in [3.05, 3.63) is 30.4 Å². The topological polar surface area (TPSA) is 64.3 Å². The van der Waals surface area contributed by atoms with Crippen LogP contribution in [0, 0.1) is 0 Å². The standard InChI is InChI=1S/C11H13BrN2O2/c1-7(6-12)11(15)14-8-3-4-10(16-2)9(13)5-8/h3-5H,1,6,13H2,2H3,(H,14,15). The summed E-state index contributed by atoms with van der Waals surface area (Å²) in [4.78, 5) is 11.5. The molecule has 16 heavy (non-hydrogen) atoms. The molecule has 4 nitrogen and oxygen atoms in total. The second kappa shape index (κ2) is 5.55. The minimum absolute atomic E-state index is 0.235. The smallest absolute Gasteiger partial charge is 0.251 e. The molecule has 0 bridgehead atoms. The normalized spacial score (nSPS) is 9.62. The van der Waals surface area contributed by atoms with Crippen molar-refractivity contribution in [3.8, 4) is 5.75 Å². The summed E-state index contributed by atoms with van der Waals surface area (Å²) >= 11 is 3.16. The lowest BCUT2D eigenvalue weighted by Gasteiger charge is -2.09. The molecule has 1 aromatic carbocycles. The lowest BCUT2D eigenvalue weighted by Crippen LogP contribution is -2.14. The van der Waals surface area contributed by atoms with E-state index in [4.69, 9.17) is 10.5 Å². The van der Waals surface area contributed by atoms with Gasteiger partial charge in [0.25, 0.3) is 5.91 Å². The number of ether oxygens (including phenoxy) is 1. The van der Waals surface area contributed by atoms with Gasteiger partial charge in [-0.25, -0.2) is 0 Å². The number of methoxy groups -OCH3 is 1. The highest BCUT2D eigenvalue weighted by Crippen LogP contribution is 2.24. The summed E-state index contributed by atoms with van der Waals surface area (Å²) < 4.78 is 5.01. The van der Waals surface area contributed by atoms with Crippen molar-refractivity contribution in [2.45, 2.75) is 0 Å². The van der Waals surface area contributed by atoms with Crippen molar-refractivity contribution in [1.82, 2.24) is 0 Å². The average Bonchev–Trinajstić information content (AvgIpc) is 2.28. The van der Waals surface area contributed by atoms with Crippen LogP contribution in [0.15, 0.2) is 30.4 Å². The molecule has 0 radical (unpaired) electrons. The molecule has 5 heteroatoms. The summed E-state index contributed by atoms with van der Waals surface area (Å²) in [6.07, 6.45) is 0. The third-order valence-corrected chi connectivity index (χ3v) is 2.65. The fourth-order valence-corrected chi connectivity index (χ4v) is 1.35. The number of nitrogens with two attached hydrogens (primary N) is 1. The molecule has 0 unspecified atom stereocenters. The predicted octanol–water partition coefficient (Wildman–Crippen LogP) is 2.17. The van der Waals surface area contributed by atoms with Gasteiger partial charge in [-0.3, -0.25) is 4.79 Å². The van der Waals surface area contributed by atoms with Gasteiger partial charge < -0.3 is 15.8 Å². The number of rotatable bonds is 4. The molecule has 86 valence electrons. The van der Waals surface area contributed by atoms with E-state index in [1.807, 2.05) is 0 Å². The Kier molecular flexibility index (Phi) is 4.37. The number of nitrogen functional groups attached to an aromatic ring is 1. The van der Waals surface area contributed by atoms with Crippen LogP contribution in [-0.2, 0) is 4.79 Å². The summed E-state index contributed by atoms with van der Waals surface area (Å²) in [6, 6.07) is 5.05. The highest BCUT2D eigenvalue weighted by molar-refractivity contribution is 9.09. The lowest BCUT2D eigenvalue weighted by molar-refractivity contribution is -0.112. The quantitative estimate of drug-likeness (QED) is 0.506. The molecule has 1 rings (SSSR count). The number of carbonyl (C=O) groups excluding carboxylic acids is 1. The number of alkyl halides is 1. The van der Waals surface area contributed by atoms with Crippen LogP contribution >= 0.6 is 15.9 Å². The van der Waals surface area contributed by atoms with Gasteiger partial charge in [-0.15, -0.1) is 0 Å². The Morgan fingerprint density at radius 3 is 2.81 bits per heavy atom. The second-order valence-corrected chi connectivity index (χ2v) is 3.71. The minimum Gasteiger partial charge on any atom is -0.495 e. The van der Waals surface area contributed by atoms with Crippen molar-refractivity contribution in [2.75, 3.05) is 23.5 Å². The number of amides is 1. The Bertz CT molecular complexity index is 418. The zero-order chi connectivity index (χ0) is 12.1. The van der Waals surface area contributed by atoms with E-state index in [9.17, 15) is 4.79 Å². The average molecular weight is 285 g/mol. The highest BCUT2D eigenvalue weighted by Gasteiger charge is 2.07. The van der Waals surface area contributed by atoms with Crippen LogP contribution in [0.5, 0.6) is 5.75 Å². The molecule has 3 N–H and O–H groups in total. The number of halogens is 1. The number of hydrogen-bond donors (Lipinski definition) is 2. The second-order valence-electron chi connectivity index (χ2n) is 3.15. The number of anilines is 2. The summed E-state index contributed by atoms with van der Waals surface area (Å²) in [5, 5.41) is 3.12. The molecular formula is C11H13BrN2O2. The highest BCUT2D eigenvalue weighted by atomic mass is 79.9. The SMILES string of the molecule is C=C(CBr)C(=O)Nc1ccc(OC)c(N)c1. The first-order valence-electron chi connectivity index (χ1n) is 4.57. The lowest BCUT2D eigenvalue weighted by atomic mass is 10.2. The van der Waals surface area contributed by atoms with Gasteiger partial charge in [0.05, 0.1) is 12.8 Å². The van der Waals surface area contributed by atoms with Crippen molar-refractivity contribution < 1.29 is 9.53 Å². The Morgan fingerprint density at radius 1 is 1.62 bits per heavy atom. The van der Waals surface area contributed by atoms with Crippen LogP contribution in [0.25, 0.3) is 0 Å². The molecule has 1 amide bonds. The van der Waals surface area contributed by atoms with Crippen LogP contribution in [0.3, 0.4) is 0 Å². The number of hydrogen-bond acceptors (Lipinski definition) is 3. The minimum atomic E-state index is -0.235. The third kappa shape index (κ3) is 3.00. The predicted molar refractivity (Wildman–Crippen MR) is 69.0 cm³/mol. The van der Waals surface area contributed by atoms with Crippen LogP contribution in [0.1, 0.15) is 0 Å². The Hall–Kier alpha value is -1.49. The molecule has 1 aromatic rings. The van der Waals surface area contributed by atoms with Gasteiger partial charge in [0, 0.05) is 16.6 Å². The van der Waals surface area contributed by atoms with Crippen LogP contribution in [0.4, 0.5) is 11.4 Å². The first-order valence-corrected chi connectivity index (χ1v) is 5.69. The molecule has 0 aromatic heterocycles. The van der Waals surface area contributed by atoms with Gasteiger partial charge in [0.2, 0.25) is 0 Å². The Labute approximate surface area is 103 Å². The third-order valence-electron chi connectivity index (χ3n) is 1.97. The summed E-state index contributed by atoms with van der Waals surface area (Å²) in [7, 11) is 1.54. The van der Waals surface area contributed by atoms with E-state index in [0.717, 1.165) is 0 Å². The van der Waals surface area contributed by atoms with Gasteiger partial charge in [-0.2, -0.15) is 0 Å². The molecule has 0 fully saturated rings. The fraction of sp³-hybridized carbons (Fsp3) is 0.182. The van der Waals surface area contributed by atoms with Crippen molar-refractivity contribution in [1.29, 1.82) is 0 Å². The molecule has 0 aliphatic rings. The van der Waals surface area contributed by atoms with E-state index < -0.39 is 0 Å². The molecule has 0 spiro atoms. The first kappa shape index (κ1) is 12.6. The van der Waals surface area contributed by atoms with E-state index in [-0.39, 0.29) is 5.91 Å². The van der Waals surface area contributed by atoms with E-state index in [0.29, 0.717) is 28.0 Å². The zero-order valence-electron chi connectivity index (χ0n) is 8.92. The maximum atomic E-state index is 11.5. The largest absolute Gasteiger partial charge is 0.495 e. The molecule has 0 aliphatic carbocycles. The van der Waals surface area contributed by atoms with Gasteiger partial charge in [-0.05, 0) is 18.2 Å². The van der Waals surface area contributed by atoms with Crippen molar-refractivity contribution >= 4 is 33.2 Å². The van der Waals surface area contributed by atoms with E-state index in [1.165, 1.54) is 7.11 Å². The van der Waals surface area contributed by atoms with Crippen molar-refractivity contribution in [2.24, 2.45) is 0 Å². The summed E-state index contributed by atoms with van der Waals surface area (Å²) in [5.41, 5.74) is 7.25. The van der Waals surface area contributed by atoms with Crippen LogP contribution in [0.2, 0.25) is 0 Å². The van der Waals surface area contributed by atoms with Gasteiger partial charge in [0.1, 0.15) is 5.75 Å². The van der Waals surface area contributed by atoms with Crippen LogP contribution in [-0.4, -0.2) is 18.3 Å². The first-order chi connectivity index (χ1) is 7.58. The fourth-order valence-electron chi connectivity index (χ4n) is 1.09. The molecule has 0 saturated heterocycles. The number of carbonyl (C=O) groups is 1. The van der Waals surface area contributed by atoms with E-state index in [2.05, 4.69) is 27.8 Å². The van der Waals surface area contributed by atoms with Gasteiger partial charge in [0.15, 0.2) is 0 Å². The Morgan fingerprint density at radius 2 is 2.31 bits per heavy atom.